The smallest absolute Gasteiger partial charge is 0.222 e. The van der Waals surface area contributed by atoms with Crippen LogP contribution in [0, 0.1) is 20.8 Å². The van der Waals surface area contributed by atoms with Crippen LogP contribution in [0.1, 0.15) is 47.2 Å². The van der Waals surface area contributed by atoms with Crippen molar-refractivity contribution in [3.63, 3.8) is 0 Å². The molecular formula is C19H26N4O2. The van der Waals surface area contributed by atoms with Gasteiger partial charge in [-0.15, -0.1) is 0 Å². The van der Waals surface area contributed by atoms with Gasteiger partial charge < -0.3 is 14.7 Å². The first-order chi connectivity index (χ1) is 12.0. The van der Waals surface area contributed by atoms with E-state index in [0.29, 0.717) is 18.8 Å². The van der Waals surface area contributed by atoms with E-state index in [1.54, 1.807) is 0 Å². The van der Waals surface area contributed by atoms with E-state index in [2.05, 4.69) is 21.5 Å². The summed E-state index contributed by atoms with van der Waals surface area (Å²) < 4.78 is 5.17. The second-order valence-electron chi connectivity index (χ2n) is 6.80. The Hall–Kier alpha value is -2.37. The summed E-state index contributed by atoms with van der Waals surface area (Å²) in [6, 6.07) is 4.13. The summed E-state index contributed by atoms with van der Waals surface area (Å²) in [7, 11) is 1.91. The number of aryl methyl sites for hydroxylation is 3. The minimum Gasteiger partial charge on any atom is -0.388 e. The first-order valence-corrected chi connectivity index (χ1v) is 8.83. The minimum atomic E-state index is 0.198. The Balaban J connectivity index is 1.60. The number of nitrogens with one attached hydrogen (secondary N) is 1. The molecule has 6 nitrogen and oxygen atoms in total. The number of pyridine rings is 1. The maximum atomic E-state index is 12.6. The maximum Gasteiger partial charge on any atom is 0.222 e. The number of hydrogen-bond donors (Lipinski definition) is 1. The maximum absolute atomic E-state index is 12.6. The van der Waals surface area contributed by atoms with Crippen molar-refractivity contribution in [3.8, 4) is 0 Å². The van der Waals surface area contributed by atoms with Crippen LogP contribution in [0.2, 0.25) is 0 Å². The molecule has 1 aliphatic heterocycles. The van der Waals surface area contributed by atoms with E-state index < -0.39 is 0 Å². The first-order valence-electron chi connectivity index (χ1n) is 8.83. The molecule has 0 spiro atoms. The molecule has 1 N–H and O–H groups in total. The largest absolute Gasteiger partial charge is 0.388 e. The van der Waals surface area contributed by atoms with Gasteiger partial charge in [0.15, 0.2) is 0 Å². The van der Waals surface area contributed by atoms with E-state index in [1.807, 2.05) is 38.8 Å². The van der Waals surface area contributed by atoms with Gasteiger partial charge in [0.05, 0.1) is 5.69 Å². The molecule has 0 unspecified atom stereocenters. The highest BCUT2D eigenvalue weighted by Gasteiger charge is 2.28. The molecule has 0 aromatic carbocycles. The molecular weight excluding hydrogens is 316 g/mol. The van der Waals surface area contributed by atoms with Crippen LogP contribution in [0.5, 0.6) is 0 Å². The summed E-state index contributed by atoms with van der Waals surface area (Å²) in [5.74, 6) is 1.33. The molecule has 2 aromatic heterocycles. The van der Waals surface area contributed by atoms with E-state index in [4.69, 9.17) is 4.52 Å². The van der Waals surface area contributed by atoms with E-state index in [9.17, 15) is 4.79 Å². The van der Waals surface area contributed by atoms with E-state index in [-0.39, 0.29) is 5.91 Å². The average molecular weight is 342 g/mol. The van der Waals surface area contributed by atoms with E-state index in [1.165, 1.54) is 0 Å². The highest BCUT2D eigenvalue weighted by Crippen LogP contribution is 2.28. The lowest BCUT2D eigenvalue weighted by molar-refractivity contribution is -0.130. The van der Waals surface area contributed by atoms with Crippen molar-refractivity contribution in [2.75, 3.05) is 25.5 Å². The molecule has 1 fully saturated rings. The number of carbonyl (C=O) groups excluding carboxylic acids is 1. The number of nitrogens with zero attached hydrogens (tertiary/aromatic N) is 3. The molecule has 1 amide bonds. The molecule has 25 heavy (non-hydrogen) atoms. The number of likely N-dealkylation sites (tertiary alicyclic amines) is 1. The van der Waals surface area contributed by atoms with Crippen LogP contribution >= 0.6 is 0 Å². The minimum absolute atomic E-state index is 0.198. The van der Waals surface area contributed by atoms with Gasteiger partial charge in [-0.25, -0.2) is 0 Å². The topological polar surface area (TPSA) is 71.3 Å². The number of carbonyl (C=O) groups is 1. The van der Waals surface area contributed by atoms with Gasteiger partial charge in [-0.1, -0.05) is 5.16 Å². The van der Waals surface area contributed by atoms with E-state index in [0.717, 1.165) is 53.6 Å². The lowest BCUT2D eigenvalue weighted by Crippen LogP contribution is -2.28. The van der Waals surface area contributed by atoms with Crippen molar-refractivity contribution in [1.82, 2.24) is 15.0 Å². The Bertz CT molecular complexity index is 749. The molecule has 3 heterocycles. The molecule has 0 radical (unpaired) electrons. The van der Waals surface area contributed by atoms with Crippen LogP contribution in [0.3, 0.4) is 0 Å². The van der Waals surface area contributed by atoms with Gasteiger partial charge >= 0.3 is 0 Å². The summed E-state index contributed by atoms with van der Waals surface area (Å²) in [5, 5.41) is 7.13. The number of rotatable bonds is 5. The monoisotopic (exact) mass is 342 g/mol. The van der Waals surface area contributed by atoms with Gasteiger partial charge in [0.25, 0.3) is 0 Å². The van der Waals surface area contributed by atoms with Crippen molar-refractivity contribution < 1.29 is 9.32 Å². The summed E-state index contributed by atoms with van der Waals surface area (Å²) in [4.78, 5) is 19.2. The fourth-order valence-electron chi connectivity index (χ4n) is 3.52. The van der Waals surface area contributed by atoms with Crippen LogP contribution < -0.4 is 5.32 Å². The molecule has 6 heteroatoms. The van der Waals surface area contributed by atoms with Crippen molar-refractivity contribution >= 4 is 11.6 Å². The predicted octanol–water partition coefficient (Wildman–Crippen LogP) is 2.99. The van der Waals surface area contributed by atoms with Crippen molar-refractivity contribution in [2.45, 2.75) is 46.0 Å². The van der Waals surface area contributed by atoms with Crippen LogP contribution in [-0.2, 0) is 11.2 Å². The highest BCUT2D eigenvalue weighted by molar-refractivity contribution is 5.77. The number of anilines is 1. The summed E-state index contributed by atoms with van der Waals surface area (Å²) >= 11 is 0. The van der Waals surface area contributed by atoms with Crippen molar-refractivity contribution in [2.24, 2.45) is 0 Å². The SMILES string of the molecule is CNc1cc(C)nc([C@@H]2CCN(C(=O)CCc3c(C)noc3C)C2)c1. The second kappa shape index (κ2) is 7.25. The normalized spacial score (nSPS) is 17.1. The van der Waals surface area contributed by atoms with Gasteiger partial charge in [-0.3, -0.25) is 9.78 Å². The molecule has 0 saturated carbocycles. The van der Waals surface area contributed by atoms with Crippen LogP contribution in [-0.4, -0.2) is 41.1 Å². The number of hydrogen-bond acceptors (Lipinski definition) is 5. The number of amides is 1. The van der Waals surface area contributed by atoms with Gasteiger partial charge in [0, 0.05) is 55.1 Å². The zero-order valence-electron chi connectivity index (χ0n) is 15.4. The molecule has 134 valence electrons. The average Bonchev–Trinajstić information content (AvgIpc) is 3.20. The van der Waals surface area contributed by atoms with Crippen LogP contribution in [0.25, 0.3) is 0 Å². The van der Waals surface area contributed by atoms with Crippen LogP contribution in [0.4, 0.5) is 5.69 Å². The van der Waals surface area contributed by atoms with E-state index >= 15 is 0 Å². The Morgan fingerprint density at radius 3 is 2.84 bits per heavy atom. The zero-order valence-corrected chi connectivity index (χ0v) is 15.4. The predicted molar refractivity (Wildman–Crippen MR) is 96.8 cm³/mol. The van der Waals surface area contributed by atoms with Gasteiger partial charge in [-0.2, -0.15) is 0 Å². The second-order valence-corrected chi connectivity index (χ2v) is 6.80. The summed E-state index contributed by atoms with van der Waals surface area (Å²) in [5.41, 5.74) is 5.09. The lowest BCUT2D eigenvalue weighted by atomic mass is 10.0. The quantitative estimate of drug-likeness (QED) is 0.904. The van der Waals surface area contributed by atoms with Crippen molar-refractivity contribution in [3.05, 3.63) is 40.5 Å². The summed E-state index contributed by atoms with van der Waals surface area (Å²) in [6.07, 6.45) is 2.16. The highest BCUT2D eigenvalue weighted by atomic mass is 16.5. The third-order valence-corrected chi connectivity index (χ3v) is 4.99. The Labute approximate surface area is 148 Å². The molecule has 0 bridgehead atoms. The standard InChI is InChI=1S/C19H26N4O2/c1-12-9-16(20-4)10-18(21-12)15-7-8-23(11-15)19(24)6-5-17-13(2)22-25-14(17)3/h9-10,15H,5-8,11H2,1-4H3,(H,20,21)/t15-/m1/s1. The molecule has 3 rings (SSSR count). The molecule has 1 aliphatic rings. The Morgan fingerprint density at radius 1 is 1.36 bits per heavy atom. The Morgan fingerprint density at radius 2 is 2.16 bits per heavy atom. The molecule has 0 aliphatic carbocycles. The fraction of sp³-hybridized carbons (Fsp3) is 0.526. The third-order valence-electron chi connectivity index (χ3n) is 4.99. The fourth-order valence-corrected chi connectivity index (χ4v) is 3.52. The molecule has 1 atom stereocenters. The Kier molecular flexibility index (Phi) is 5.06. The number of aromatic nitrogens is 2. The van der Waals surface area contributed by atoms with Gasteiger partial charge in [0.2, 0.25) is 5.91 Å². The van der Waals surface area contributed by atoms with Gasteiger partial charge in [0.1, 0.15) is 5.76 Å². The molecule has 1 saturated heterocycles. The third kappa shape index (κ3) is 3.83. The zero-order chi connectivity index (χ0) is 18.0. The van der Waals surface area contributed by atoms with Crippen LogP contribution in [0.15, 0.2) is 16.7 Å². The van der Waals surface area contributed by atoms with Crippen molar-refractivity contribution in [1.29, 1.82) is 0 Å². The lowest BCUT2D eigenvalue weighted by Gasteiger charge is -2.17. The summed E-state index contributed by atoms with van der Waals surface area (Å²) in [6.45, 7) is 7.38. The molecule has 2 aromatic rings. The first kappa shape index (κ1) is 17.5. The van der Waals surface area contributed by atoms with Gasteiger partial charge in [-0.05, 0) is 45.7 Å².